The highest BCUT2D eigenvalue weighted by atomic mass is 16.5. The second-order valence-electron chi connectivity index (χ2n) is 11.3. The molecule has 0 fully saturated rings. The molecular formula is C36H64O4. The minimum atomic E-state index is -0.816. The molecule has 232 valence electrons. The van der Waals surface area contributed by atoms with Crippen LogP contribution in [0.25, 0.3) is 0 Å². The number of esters is 1. The van der Waals surface area contributed by atoms with Crippen molar-refractivity contribution in [2.75, 3.05) is 0 Å². The Morgan fingerprint density at radius 3 is 1.65 bits per heavy atom. The molecule has 0 aromatic rings. The Bertz CT molecular complexity index is 649. The molecule has 0 aliphatic carbocycles. The molecule has 40 heavy (non-hydrogen) atoms. The monoisotopic (exact) mass is 560 g/mol. The number of aliphatic carboxylic acids is 1. The van der Waals surface area contributed by atoms with Gasteiger partial charge in [0.15, 0.2) is 0 Å². The van der Waals surface area contributed by atoms with Gasteiger partial charge in [0.2, 0.25) is 0 Å². The van der Waals surface area contributed by atoms with E-state index in [1.165, 1.54) is 83.5 Å². The molecular weight excluding hydrogens is 496 g/mol. The van der Waals surface area contributed by atoms with E-state index in [1.54, 1.807) is 0 Å². The van der Waals surface area contributed by atoms with Crippen molar-refractivity contribution < 1.29 is 19.4 Å². The first-order valence-corrected chi connectivity index (χ1v) is 17.0. The topological polar surface area (TPSA) is 63.6 Å². The Morgan fingerprint density at radius 1 is 0.575 bits per heavy atom. The average molecular weight is 561 g/mol. The Kier molecular flexibility index (Phi) is 30.2. The van der Waals surface area contributed by atoms with Crippen molar-refractivity contribution >= 4 is 11.9 Å². The lowest BCUT2D eigenvalue weighted by Gasteiger charge is -2.17. The third kappa shape index (κ3) is 30.7. The van der Waals surface area contributed by atoms with Gasteiger partial charge in [0.05, 0.1) is 0 Å². The molecule has 4 nitrogen and oxygen atoms in total. The van der Waals surface area contributed by atoms with E-state index in [0.29, 0.717) is 12.8 Å². The summed E-state index contributed by atoms with van der Waals surface area (Å²) in [5, 5.41) is 9.06. The van der Waals surface area contributed by atoms with Gasteiger partial charge in [0.25, 0.3) is 0 Å². The predicted octanol–water partition coefficient (Wildman–Crippen LogP) is 11.4. The van der Waals surface area contributed by atoms with Crippen molar-refractivity contribution in [1.29, 1.82) is 0 Å². The second-order valence-corrected chi connectivity index (χ2v) is 11.3. The molecule has 4 heteroatoms. The van der Waals surface area contributed by atoms with Crippen LogP contribution in [0.15, 0.2) is 36.5 Å². The van der Waals surface area contributed by atoms with Crippen molar-refractivity contribution in [1.82, 2.24) is 0 Å². The zero-order valence-corrected chi connectivity index (χ0v) is 26.4. The van der Waals surface area contributed by atoms with E-state index in [9.17, 15) is 9.59 Å². The van der Waals surface area contributed by atoms with E-state index in [4.69, 9.17) is 9.84 Å². The summed E-state index contributed by atoms with van der Waals surface area (Å²) in [5.41, 5.74) is 0. The first kappa shape index (κ1) is 38.2. The standard InChI is InChI=1S/C36H64O4/c1-3-5-7-9-11-13-15-16-17-18-19-20-21-23-25-27-29-31-36(39)40-34(32-33-35(37)38)30-28-26-24-22-14-12-10-8-6-4-2/h5,7,11,13,16-17,34H,3-4,6,8-10,12,14-15,18-33H2,1-2H3,(H,37,38)/b7-5-,13-11-,17-16-. The maximum Gasteiger partial charge on any atom is 0.306 e. The molecule has 0 saturated heterocycles. The van der Waals surface area contributed by atoms with Crippen LogP contribution >= 0.6 is 0 Å². The average Bonchev–Trinajstić information content (AvgIpc) is 2.94. The minimum Gasteiger partial charge on any atom is -0.481 e. The summed E-state index contributed by atoms with van der Waals surface area (Å²) in [6.45, 7) is 4.41. The number of carboxylic acids is 1. The molecule has 0 amide bonds. The highest BCUT2D eigenvalue weighted by Gasteiger charge is 2.15. The Hall–Kier alpha value is -1.84. The number of unbranched alkanes of at least 4 members (excludes halogenated alkanes) is 16. The Labute approximate surface area is 248 Å². The third-order valence-electron chi connectivity index (χ3n) is 7.39. The summed E-state index contributed by atoms with van der Waals surface area (Å²) in [7, 11) is 0. The van der Waals surface area contributed by atoms with Gasteiger partial charge in [-0.1, -0.05) is 140 Å². The van der Waals surface area contributed by atoms with Crippen molar-refractivity contribution in [3.63, 3.8) is 0 Å². The minimum absolute atomic E-state index is 0.0689. The van der Waals surface area contributed by atoms with E-state index < -0.39 is 5.97 Å². The normalized spacial score (nSPS) is 12.7. The molecule has 0 heterocycles. The van der Waals surface area contributed by atoms with Crippen LogP contribution in [0.2, 0.25) is 0 Å². The number of carbonyl (C=O) groups excluding carboxylic acids is 1. The number of carboxylic acid groups (broad SMARTS) is 1. The largest absolute Gasteiger partial charge is 0.481 e. The van der Waals surface area contributed by atoms with Gasteiger partial charge in [-0.2, -0.15) is 0 Å². The van der Waals surface area contributed by atoms with Crippen molar-refractivity contribution in [3.05, 3.63) is 36.5 Å². The molecule has 0 radical (unpaired) electrons. The zero-order chi connectivity index (χ0) is 29.4. The number of rotatable bonds is 30. The van der Waals surface area contributed by atoms with Crippen molar-refractivity contribution in [2.45, 2.75) is 180 Å². The first-order valence-electron chi connectivity index (χ1n) is 17.0. The van der Waals surface area contributed by atoms with Crippen LogP contribution in [0.3, 0.4) is 0 Å². The quantitative estimate of drug-likeness (QED) is 0.0539. The van der Waals surface area contributed by atoms with Gasteiger partial charge in [-0.15, -0.1) is 0 Å². The van der Waals surface area contributed by atoms with Gasteiger partial charge in [-0.05, 0) is 57.8 Å². The van der Waals surface area contributed by atoms with Crippen LogP contribution in [-0.4, -0.2) is 23.1 Å². The molecule has 0 spiro atoms. The van der Waals surface area contributed by atoms with Crippen molar-refractivity contribution in [3.8, 4) is 0 Å². The smallest absolute Gasteiger partial charge is 0.306 e. The van der Waals surface area contributed by atoms with Crippen LogP contribution in [0.5, 0.6) is 0 Å². The van der Waals surface area contributed by atoms with Crippen LogP contribution in [0.4, 0.5) is 0 Å². The third-order valence-corrected chi connectivity index (χ3v) is 7.39. The Morgan fingerprint density at radius 2 is 1.07 bits per heavy atom. The molecule has 0 aliphatic rings. The first-order chi connectivity index (χ1) is 19.6. The number of hydrogen-bond donors (Lipinski definition) is 1. The highest BCUT2D eigenvalue weighted by Crippen LogP contribution is 2.17. The molecule has 0 bridgehead atoms. The van der Waals surface area contributed by atoms with Gasteiger partial charge >= 0.3 is 11.9 Å². The molecule has 1 atom stereocenters. The van der Waals surface area contributed by atoms with E-state index in [2.05, 4.69) is 50.3 Å². The predicted molar refractivity (Wildman–Crippen MR) is 172 cm³/mol. The molecule has 0 aromatic carbocycles. The van der Waals surface area contributed by atoms with Crippen LogP contribution < -0.4 is 0 Å². The fourth-order valence-electron chi connectivity index (χ4n) is 4.89. The van der Waals surface area contributed by atoms with E-state index in [1.807, 2.05) is 0 Å². The lowest BCUT2D eigenvalue weighted by Crippen LogP contribution is -2.19. The molecule has 0 rings (SSSR count). The number of carbonyl (C=O) groups is 2. The van der Waals surface area contributed by atoms with E-state index in [0.717, 1.165) is 57.8 Å². The van der Waals surface area contributed by atoms with Gasteiger partial charge < -0.3 is 9.84 Å². The summed E-state index contributed by atoms with van der Waals surface area (Å²) in [6.07, 6.45) is 40.1. The number of ether oxygens (including phenoxy) is 1. The van der Waals surface area contributed by atoms with Crippen molar-refractivity contribution in [2.24, 2.45) is 0 Å². The summed E-state index contributed by atoms with van der Waals surface area (Å²) >= 11 is 0. The lowest BCUT2D eigenvalue weighted by molar-refractivity contribution is -0.151. The summed E-state index contributed by atoms with van der Waals surface area (Å²) in [4.78, 5) is 23.4. The fraction of sp³-hybridized carbons (Fsp3) is 0.778. The van der Waals surface area contributed by atoms with Gasteiger partial charge in [-0.3, -0.25) is 9.59 Å². The summed E-state index contributed by atoms with van der Waals surface area (Å²) in [6, 6.07) is 0. The molecule has 1 unspecified atom stereocenters. The maximum atomic E-state index is 12.4. The second kappa shape index (κ2) is 31.7. The molecule has 1 N–H and O–H groups in total. The zero-order valence-electron chi connectivity index (χ0n) is 26.4. The maximum absolute atomic E-state index is 12.4. The van der Waals surface area contributed by atoms with E-state index in [-0.39, 0.29) is 18.5 Å². The molecule has 0 aromatic heterocycles. The lowest BCUT2D eigenvalue weighted by atomic mass is 10.0. The van der Waals surface area contributed by atoms with Crippen LogP contribution in [0.1, 0.15) is 174 Å². The summed E-state index contributed by atoms with van der Waals surface area (Å²) in [5.74, 6) is -0.968. The SMILES string of the molecule is CC/C=C\C/C=C\C/C=C\CCCCCCCCCC(=O)OC(CCCCCCCCCCCC)CCC(=O)O. The fourth-order valence-corrected chi connectivity index (χ4v) is 4.89. The summed E-state index contributed by atoms with van der Waals surface area (Å²) < 4.78 is 5.70. The van der Waals surface area contributed by atoms with Gasteiger partial charge in [0.1, 0.15) is 6.10 Å². The number of hydrogen-bond acceptors (Lipinski definition) is 3. The Balaban J connectivity index is 3.77. The van der Waals surface area contributed by atoms with Crippen LogP contribution in [0, 0.1) is 0 Å². The molecule has 0 aliphatic heterocycles. The van der Waals surface area contributed by atoms with Gasteiger partial charge in [-0.25, -0.2) is 0 Å². The number of allylic oxidation sites excluding steroid dienone is 6. The highest BCUT2D eigenvalue weighted by molar-refractivity contribution is 5.69. The molecule has 0 saturated carbocycles. The van der Waals surface area contributed by atoms with Gasteiger partial charge in [0, 0.05) is 12.8 Å². The van der Waals surface area contributed by atoms with Crippen LogP contribution in [-0.2, 0) is 14.3 Å². The van der Waals surface area contributed by atoms with E-state index >= 15 is 0 Å².